The van der Waals surface area contributed by atoms with Crippen molar-refractivity contribution in [2.75, 3.05) is 51.8 Å². The van der Waals surface area contributed by atoms with Crippen molar-refractivity contribution in [2.24, 2.45) is 0 Å². The number of nitrogens with zero attached hydrogens (tertiary/aromatic N) is 2. The zero-order valence-electron chi connectivity index (χ0n) is 15.0. The van der Waals surface area contributed by atoms with Crippen molar-refractivity contribution in [3.63, 3.8) is 0 Å². The lowest BCUT2D eigenvalue weighted by molar-refractivity contribution is 0.217. The lowest BCUT2D eigenvalue weighted by Gasteiger charge is -2.20. The van der Waals surface area contributed by atoms with Gasteiger partial charge in [-0.05, 0) is 38.1 Å². The molecule has 134 valence electrons. The van der Waals surface area contributed by atoms with Gasteiger partial charge in [-0.25, -0.2) is 4.79 Å². The van der Waals surface area contributed by atoms with Gasteiger partial charge in [0.2, 0.25) is 0 Å². The number of likely N-dealkylation sites (tertiary alicyclic amines) is 1. The lowest BCUT2D eigenvalue weighted by Crippen LogP contribution is -2.32. The molecule has 1 aromatic carbocycles. The third-order valence-electron chi connectivity index (χ3n) is 4.37. The van der Waals surface area contributed by atoms with E-state index in [0.29, 0.717) is 18.1 Å². The topological polar surface area (TPSA) is 54.0 Å². The van der Waals surface area contributed by atoms with E-state index >= 15 is 0 Å². The van der Waals surface area contributed by atoms with Crippen molar-refractivity contribution < 1.29 is 14.3 Å². The van der Waals surface area contributed by atoms with E-state index < -0.39 is 0 Å². The molecule has 2 rings (SSSR count). The summed E-state index contributed by atoms with van der Waals surface area (Å²) in [6, 6.07) is 5.44. The monoisotopic (exact) mass is 335 g/mol. The van der Waals surface area contributed by atoms with Gasteiger partial charge in [0.15, 0.2) is 11.5 Å². The van der Waals surface area contributed by atoms with E-state index in [-0.39, 0.29) is 6.03 Å². The standard InChI is InChI=1S/C18H29N3O3/c1-4-20(5-2)12-13-24-17-14-15(8-9-16(17)23-3)19-18(22)21-10-6-7-11-21/h8-9,14H,4-7,10-13H2,1-3H3,(H,19,22). The van der Waals surface area contributed by atoms with Gasteiger partial charge < -0.3 is 24.6 Å². The van der Waals surface area contributed by atoms with Gasteiger partial charge in [-0.1, -0.05) is 13.8 Å². The third-order valence-corrected chi connectivity index (χ3v) is 4.37. The summed E-state index contributed by atoms with van der Waals surface area (Å²) in [5.41, 5.74) is 0.727. The number of nitrogens with one attached hydrogen (secondary N) is 1. The number of hydrogen-bond donors (Lipinski definition) is 1. The number of amides is 2. The maximum absolute atomic E-state index is 12.2. The zero-order valence-corrected chi connectivity index (χ0v) is 15.0. The third kappa shape index (κ3) is 5.03. The number of urea groups is 1. The molecule has 6 heteroatoms. The SMILES string of the molecule is CCN(CC)CCOc1cc(NC(=O)N2CCCC2)ccc1OC. The fourth-order valence-corrected chi connectivity index (χ4v) is 2.81. The van der Waals surface area contributed by atoms with E-state index in [1.807, 2.05) is 23.1 Å². The molecule has 6 nitrogen and oxygen atoms in total. The van der Waals surface area contributed by atoms with E-state index in [1.54, 1.807) is 7.11 Å². The molecule has 0 aromatic heterocycles. The number of benzene rings is 1. The zero-order chi connectivity index (χ0) is 17.4. The van der Waals surface area contributed by atoms with E-state index in [2.05, 4.69) is 24.1 Å². The molecule has 1 aliphatic heterocycles. The molecule has 0 spiro atoms. The van der Waals surface area contributed by atoms with Gasteiger partial charge in [-0.3, -0.25) is 0 Å². The first-order valence-electron chi connectivity index (χ1n) is 8.77. The second-order valence-corrected chi connectivity index (χ2v) is 5.87. The van der Waals surface area contributed by atoms with Crippen LogP contribution in [0.3, 0.4) is 0 Å². The van der Waals surface area contributed by atoms with E-state index in [1.165, 1.54) is 0 Å². The Labute approximate surface area is 144 Å². The number of rotatable bonds is 8. The average Bonchev–Trinajstić information content (AvgIpc) is 3.14. The van der Waals surface area contributed by atoms with Crippen LogP contribution in [0.5, 0.6) is 11.5 Å². The van der Waals surface area contributed by atoms with Gasteiger partial charge >= 0.3 is 6.03 Å². The molecule has 0 atom stereocenters. The van der Waals surface area contributed by atoms with Gasteiger partial charge in [-0.15, -0.1) is 0 Å². The van der Waals surface area contributed by atoms with Crippen LogP contribution in [0.25, 0.3) is 0 Å². The Bertz CT molecular complexity index is 526. The fraction of sp³-hybridized carbons (Fsp3) is 0.611. The molecule has 1 fully saturated rings. The highest BCUT2D eigenvalue weighted by molar-refractivity contribution is 5.89. The number of methoxy groups -OCH3 is 1. The minimum absolute atomic E-state index is 0.0493. The molecular weight excluding hydrogens is 306 g/mol. The van der Waals surface area contributed by atoms with Gasteiger partial charge in [0.05, 0.1) is 7.11 Å². The Hall–Kier alpha value is -1.95. The van der Waals surface area contributed by atoms with Crippen molar-refractivity contribution in [3.05, 3.63) is 18.2 Å². The van der Waals surface area contributed by atoms with Crippen molar-refractivity contribution in [1.29, 1.82) is 0 Å². The van der Waals surface area contributed by atoms with Crippen molar-refractivity contribution >= 4 is 11.7 Å². The highest BCUT2D eigenvalue weighted by Crippen LogP contribution is 2.30. The minimum atomic E-state index is -0.0493. The largest absolute Gasteiger partial charge is 0.493 e. The summed E-state index contributed by atoms with van der Waals surface area (Å²) in [4.78, 5) is 16.3. The first-order valence-corrected chi connectivity index (χ1v) is 8.77. The van der Waals surface area contributed by atoms with Crippen LogP contribution >= 0.6 is 0 Å². The minimum Gasteiger partial charge on any atom is -0.493 e. The Balaban J connectivity index is 1.97. The predicted octanol–water partition coefficient (Wildman–Crippen LogP) is 3.04. The van der Waals surface area contributed by atoms with Crippen LogP contribution in [0.1, 0.15) is 26.7 Å². The van der Waals surface area contributed by atoms with E-state index in [4.69, 9.17) is 9.47 Å². The maximum Gasteiger partial charge on any atom is 0.321 e. The first-order chi connectivity index (χ1) is 11.7. The molecule has 0 aliphatic carbocycles. The summed E-state index contributed by atoms with van der Waals surface area (Å²) in [5, 5.41) is 2.94. The molecule has 0 unspecified atom stereocenters. The molecule has 0 saturated carbocycles. The van der Waals surface area contributed by atoms with E-state index in [9.17, 15) is 4.79 Å². The van der Waals surface area contributed by atoms with Crippen LogP contribution in [0, 0.1) is 0 Å². The number of likely N-dealkylation sites (N-methyl/N-ethyl adjacent to an activating group) is 1. The number of carbonyl (C=O) groups excluding carboxylic acids is 1. The normalized spacial score (nSPS) is 14.1. The molecule has 1 saturated heterocycles. The second kappa shape index (κ2) is 9.37. The van der Waals surface area contributed by atoms with E-state index in [0.717, 1.165) is 51.3 Å². The molecule has 1 heterocycles. The van der Waals surface area contributed by atoms with Crippen LogP contribution in [0.4, 0.5) is 10.5 Å². The van der Waals surface area contributed by atoms with Crippen molar-refractivity contribution in [1.82, 2.24) is 9.80 Å². The quantitative estimate of drug-likeness (QED) is 0.793. The summed E-state index contributed by atoms with van der Waals surface area (Å²) in [6.07, 6.45) is 2.16. The molecule has 1 N–H and O–H groups in total. The van der Waals surface area contributed by atoms with Gasteiger partial charge in [0, 0.05) is 31.4 Å². The molecular formula is C18H29N3O3. The number of hydrogen-bond acceptors (Lipinski definition) is 4. The molecule has 24 heavy (non-hydrogen) atoms. The highest BCUT2D eigenvalue weighted by Gasteiger charge is 2.18. The Morgan fingerprint density at radius 3 is 2.54 bits per heavy atom. The van der Waals surface area contributed by atoms with Crippen molar-refractivity contribution in [2.45, 2.75) is 26.7 Å². The van der Waals surface area contributed by atoms with Crippen LogP contribution < -0.4 is 14.8 Å². The molecule has 0 bridgehead atoms. The lowest BCUT2D eigenvalue weighted by atomic mass is 10.2. The summed E-state index contributed by atoms with van der Waals surface area (Å²) < 4.78 is 11.2. The van der Waals surface area contributed by atoms with Crippen LogP contribution in [0.15, 0.2) is 18.2 Å². The Morgan fingerprint density at radius 2 is 1.92 bits per heavy atom. The number of carbonyl (C=O) groups is 1. The summed E-state index contributed by atoms with van der Waals surface area (Å²) in [5.74, 6) is 1.33. The Morgan fingerprint density at radius 1 is 1.21 bits per heavy atom. The van der Waals surface area contributed by atoms with Crippen LogP contribution in [0.2, 0.25) is 0 Å². The second-order valence-electron chi connectivity index (χ2n) is 5.87. The van der Waals surface area contributed by atoms with Crippen LogP contribution in [-0.2, 0) is 0 Å². The summed E-state index contributed by atoms with van der Waals surface area (Å²) in [7, 11) is 1.62. The summed E-state index contributed by atoms with van der Waals surface area (Å²) >= 11 is 0. The van der Waals surface area contributed by atoms with Gasteiger partial charge in [-0.2, -0.15) is 0 Å². The Kier molecular flexibility index (Phi) is 7.18. The first kappa shape index (κ1) is 18.4. The number of anilines is 1. The maximum atomic E-state index is 12.2. The molecule has 1 aromatic rings. The number of ether oxygens (including phenoxy) is 2. The molecule has 0 radical (unpaired) electrons. The smallest absolute Gasteiger partial charge is 0.321 e. The van der Waals surface area contributed by atoms with Crippen molar-refractivity contribution in [3.8, 4) is 11.5 Å². The predicted molar refractivity (Wildman–Crippen MR) is 96.1 cm³/mol. The van der Waals surface area contributed by atoms with Crippen LogP contribution in [-0.4, -0.2) is 62.3 Å². The molecule has 1 aliphatic rings. The summed E-state index contributed by atoms with van der Waals surface area (Å²) in [6.45, 7) is 9.38. The average molecular weight is 335 g/mol. The highest BCUT2D eigenvalue weighted by atomic mass is 16.5. The molecule has 2 amide bonds. The van der Waals surface area contributed by atoms with Gasteiger partial charge in [0.1, 0.15) is 6.61 Å². The fourth-order valence-electron chi connectivity index (χ4n) is 2.81. The van der Waals surface area contributed by atoms with Gasteiger partial charge in [0.25, 0.3) is 0 Å².